The molecule has 0 radical (unpaired) electrons. The molecule has 11 heterocycles. The lowest BCUT2D eigenvalue weighted by molar-refractivity contribution is -0.123. The second-order valence-electron chi connectivity index (χ2n) is 34.4. The number of rotatable bonds is 16. The first kappa shape index (κ1) is 78.3. The Bertz CT molecular complexity index is 6100. The summed E-state index contributed by atoms with van der Waals surface area (Å²) in [5, 5.41) is 3.35. The monoisotopic (exact) mass is 1580 g/mol. The van der Waals surface area contributed by atoms with Gasteiger partial charge in [-0.2, -0.15) is 0 Å². The van der Waals surface area contributed by atoms with Crippen molar-refractivity contribution in [2.75, 3.05) is 97.2 Å². The molecular weight excluding hydrogens is 1470 g/mol. The van der Waals surface area contributed by atoms with Crippen molar-refractivity contribution in [1.82, 2.24) is 77.7 Å². The van der Waals surface area contributed by atoms with Crippen LogP contribution in [0.3, 0.4) is 0 Å². The molecule has 2 saturated heterocycles. The van der Waals surface area contributed by atoms with Gasteiger partial charge in [-0.1, -0.05) is 140 Å². The fraction of sp³-hybridized carbons (Fsp3) is 0.347. The molecule has 21 nitrogen and oxygen atoms in total. The van der Waals surface area contributed by atoms with E-state index >= 15 is 0 Å². The van der Waals surface area contributed by atoms with Crippen LogP contribution in [0.15, 0.2) is 213 Å². The minimum Gasteiger partial charge on any atom is -0.382 e. The van der Waals surface area contributed by atoms with Crippen LogP contribution in [0, 0.1) is 30.6 Å². The number of nitrogens with two attached hydrogens (primary N) is 4. The number of anilines is 3. The highest BCUT2D eigenvalue weighted by Crippen LogP contribution is 2.44. The summed E-state index contributed by atoms with van der Waals surface area (Å²) in [5.41, 5.74) is 43.6. The Kier molecular flexibility index (Phi) is 22.8. The molecule has 6 aromatic carbocycles. The highest BCUT2D eigenvalue weighted by molar-refractivity contribution is 5.95. The fourth-order valence-corrected chi connectivity index (χ4v) is 19.6. The number of likely N-dealkylation sites (tertiary alicyclic amines) is 1. The van der Waals surface area contributed by atoms with Gasteiger partial charge in [0.25, 0.3) is 0 Å². The number of piperidine rings is 1. The Morgan fingerprint density at radius 1 is 0.395 bits per heavy atom. The van der Waals surface area contributed by atoms with Gasteiger partial charge in [0, 0.05) is 156 Å². The number of nitrogens with zero attached hydrogens (tertiary/aromatic N) is 16. The summed E-state index contributed by atoms with van der Waals surface area (Å²) in [6, 6.07) is 60.7. The topological polar surface area (TPSA) is 263 Å². The lowest BCUT2D eigenvalue weighted by Gasteiger charge is -2.36. The van der Waals surface area contributed by atoms with E-state index in [-0.39, 0.29) is 11.8 Å². The van der Waals surface area contributed by atoms with Crippen molar-refractivity contribution in [2.45, 2.75) is 115 Å². The summed E-state index contributed by atoms with van der Waals surface area (Å²) in [4.78, 5) is 65.6. The summed E-state index contributed by atoms with van der Waals surface area (Å²) in [7, 11) is 6.56. The smallest absolute Gasteiger partial charge is 0.220 e. The molecule has 0 bridgehead atoms. The molecule has 9 aromatic heterocycles. The number of hydrogen-bond donors (Lipinski definition) is 4. The standard InChI is InChI=1S/C34H37N7O.C33H37N7.C31H34N6/c35-32-31-30(27-11-10-24-12-13-28(38-29(24)20-27)23-4-2-1-3-5-23)39-34(41(31)19-16-37-32)26-8-6-22(7-9-26)21-40-17-14-25(15-18-40)33(36)42;1-38-17-19-39(20-18-38)22-23-7-9-26(10-8-23)33-37-30(31-32(34)35-15-16-40(31)33)27-12-11-25-13-14-28(36-29(25)21-27)24-5-3-2-4-6-24;1-20-17-26(22-7-5-4-6-8-22)34-27-18-24(13-14-25(20)27)28-29-30(32)33-15-16-37(29)31(35-28)23-11-9-21(10-12-23)19-36(2)3/h1-5,10-13,16,19-20,22,25-26H,6-9,14-15,17-18,21H2,(H2,35,37)(H2,36,42);2-6,11-16,21,23,26H,7-10,17-20,22H2,1H3,(H2,34,35);4-8,13-18,21,23H,9-12,19H2,1-3H3,(H2,32,33). The molecular formula is C98H108N20O. The van der Waals surface area contributed by atoms with E-state index in [0.717, 1.165) is 211 Å². The van der Waals surface area contributed by atoms with E-state index in [9.17, 15) is 4.79 Å². The maximum atomic E-state index is 11.5. The predicted molar refractivity (Wildman–Crippen MR) is 480 cm³/mol. The van der Waals surface area contributed by atoms with Crippen LogP contribution in [0.1, 0.15) is 131 Å². The van der Waals surface area contributed by atoms with E-state index in [1.807, 2.05) is 61.1 Å². The van der Waals surface area contributed by atoms with Crippen molar-refractivity contribution in [1.29, 1.82) is 0 Å². The quantitative estimate of drug-likeness (QED) is 0.0700. The summed E-state index contributed by atoms with van der Waals surface area (Å²) in [5.74, 6) is 8.15. The normalized spacial score (nSPS) is 19.8. The van der Waals surface area contributed by atoms with Crippen molar-refractivity contribution >= 4 is 72.6 Å². The van der Waals surface area contributed by atoms with Crippen LogP contribution in [0.2, 0.25) is 0 Å². The number of carbonyl (C=O) groups is 1. The number of primary amides is 1. The zero-order valence-corrected chi connectivity index (χ0v) is 68.9. The highest BCUT2D eigenvalue weighted by Gasteiger charge is 2.34. The van der Waals surface area contributed by atoms with Crippen LogP contribution < -0.4 is 22.9 Å². The number of benzene rings is 6. The molecule has 15 aromatic rings. The number of imidazole rings is 3. The minimum atomic E-state index is -0.144. The van der Waals surface area contributed by atoms with Gasteiger partial charge in [0.1, 0.15) is 68.6 Å². The Hall–Kier alpha value is -11.9. The molecule has 119 heavy (non-hydrogen) atoms. The minimum absolute atomic E-state index is 0.0473. The molecule has 3 aliphatic carbocycles. The van der Waals surface area contributed by atoms with E-state index in [1.54, 1.807) is 18.6 Å². The number of carbonyl (C=O) groups excluding carboxylic acids is 1. The molecule has 5 aliphatic rings. The average molecular weight is 1580 g/mol. The second-order valence-corrected chi connectivity index (χ2v) is 34.4. The van der Waals surface area contributed by atoms with Gasteiger partial charge in [0.05, 0.1) is 33.6 Å². The largest absolute Gasteiger partial charge is 0.382 e. The molecule has 606 valence electrons. The SMILES string of the molecule is CN1CCN(CC2CCC(c3nc(-c4ccc5ccc(-c6ccccc6)nc5c4)c4c(N)nccn34)CC2)CC1.Cc1cc(-c2ccccc2)nc2cc(-c3nc(C4CCC(CN(C)C)CC4)n4ccnc(N)c34)ccc12.NC(=O)C1CCN(CC2CCC(c3nc(-c4ccc5ccc(-c6ccccc6)nc5c4)c4c(N)nccn34)CC2)CC1. The molecule has 5 fully saturated rings. The van der Waals surface area contributed by atoms with Crippen LogP contribution in [-0.2, 0) is 4.79 Å². The number of amides is 1. The lowest BCUT2D eigenvalue weighted by atomic mass is 9.81. The van der Waals surface area contributed by atoms with Crippen LogP contribution in [0.4, 0.5) is 17.5 Å². The maximum absolute atomic E-state index is 11.5. The van der Waals surface area contributed by atoms with Gasteiger partial charge in [-0.05, 0) is 191 Å². The first-order valence-corrected chi connectivity index (χ1v) is 43.0. The van der Waals surface area contributed by atoms with Crippen molar-refractivity contribution < 1.29 is 4.79 Å². The second kappa shape index (κ2) is 34.6. The van der Waals surface area contributed by atoms with E-state index in [4.69, 9.17) is 52.8 Å². The molecule has 0 atom stereocenters. The number of piperazine rings is 1. The zero-order chi connectivity index (χ0) is 81.2. The van der Waals surface area contributed by atoms with Crippen LogP contribution >= 0.6 is 0 Å². The molecule has 0 unspecified atom stereocenters. The van der Waals surface area contributed by atoms with Crippen LogP contribution in [-0.4, -0.2) is 164 Å². The molecule has 2 aliphatic heterocycles. The van der Waals surface area contributed by atoms with Gasteiger partial charge in [-0.15, -0.1) is 0 Å². The van der Waals surface area contributed by atoms with Crippen molar-refractivity contribution in [2.24, 2.45) is 29.4 Å². The zero-order valence-electron chi connectivity index (χ0n) is 68.9. The average Bonchev–Trinajstić information content (AvgIpc) is 1.64. The third kappa shape index (κ3) is 16.9. The van der Waals surface area contributed by atoms with E-state index in [0.29, 0.717) is 41.1 Å². The maximum Gasteiger partial charge on any atom is 0.220 e. The molecule has 3 saturated carbocycles. The molecule has 8 N–H and O–H groups in total. The summed E-state index contributed by atoms with van der Waals surface area (Å²) in [6.45, 7) is 12.4. The Labute approximate surface area is 696 Å². The Balaban J connectivity index is 0.000000123. The number of pyridine rings is 3. The summed E-state index contributed by atoms with van der Waals surface area (Å²) < 4.78 is 6.54. The number of hydrogen-bond acceptors (Lipinski definition) is 17. The molecule has 1 amide bonds. The predicted octanol–water partition coefficient (Wildman–Crippen LogP) is 17.7. The van der Waals surface area contributed by atoms with E-state index < -0.39 is 0 Å². The van der Waals surface area contributed by atoms with Gasteiger partial charge >= 0.3 is 0 Å². The third-order valence-corrected chi connectivity index (χ3v) is 26.1. The van der Waals surface area contributed by atoms with Crippen molar-refractivity contribution in [3.8, 4) is 67.5 Å². The van der Waals surface area contributed by atoms with Gasteiger partial charge in [0.15, 0.2) is 0 Å². The van der Waals surface area contributed by atoms with Crippen molar-refractivity contribution in [3.05, 3.63) is 236 Å². The number of fused-ring (bicyclic) bond motifs is 6. The van der Waals surface area contributed by atoms with Crippen molar-refractivity contribution in [3.63, 3.8) is 0 Å². The number of nitrogen functional groups attached to an aromatic ring is 3. The molecule has 0 spiro atoms. The Morgan fingerprint density at radius 2 is 0.765 bits per heavy atom. The van der Waals surface area contributed by atoms with E-state index in [2.05, 4.69) is 209 Å². The number of likely N-dealkylation sites (N-methyl/N-ethyl adjacent to an activating group) is 1. The van der Waals surface area contributed by atoms with Crippen LogP contribution in [0.5, 0.6) is 0 Å². The van der Waals surface area contributed by atoms with Gasteiger partial charge in [-0.3, -0.25) is 18.0 Å². The lowest BCUT2D eigenvalue weighted by Crippen LogP contribution is -2.46. The van der Waals surface area contributed by atoms with E-state index in [1.165, 1.54) is 89.7 Å². The molecule has 21 heteroatoms. The summed E-state index contributed by atoms with van der Waals surface area (Å²) in [6.07, 6.45) is 27.3. The summed E-state index contributed by atoms with van der Waals surface area (Å²) >= 11 is 0. The Morgan fingerprint density at radius 3 is 1.18 bits per heavy atom. The first-order valence-electron chi connectivity index (χ1n) is 43.0. The fourth-order valence-electron chi connectivity index (χ4n) is 19.6. The highest BCUT2D eigenvalue weighted by atomic mass is 16.1. The number of aryl methyl sites for hydroxylation is 1. The van der Waals surface area contributed by atoms with Crippen LogP contribution in [0.25, 0.3) is 117 Å². The number of aromatic nitrogens is 12. The molecule has 20 rings (SSSR count). The van der Waals surface area contributed by atoms with Gasteiger partial charge in [-0.25, -0.2) is 44.9 Å². The third-order valence-electron chi connectivity index (χ3n) is 26.1. The first-order chi connectivity index (χ1) is 58.1. The van der Waals surface area contributed by atoms with Gasteiger partial charge in [0.2, 0.25) is 5.91 Å². The van der Waals surface area contributed by atoms with Gasteiger partial charge < -0.3 is 42.5 Å².